The van der Waals surface area contributed by atoms with Gasteiger partial charge in [-0.1, -0.05) is 6.07 Å². The number of thioether (sulfide) groups is 1. The second-order valence-electron chi connectivity index (χ2n) is 4.91. The number of amides is 1. The molecular weight excluding hydrogens is 290 g/mol. The van der Waals surface area contributed by atoms with Gasteiger partial charge in [0.05, 0.1) is 29.7 Å². The zero-order chi connectivity index (χ0) is 14.8. The van der Waals surface area contributed by atoms with Crippen LogP contribution in [0.1, 0.15) is 16.8 Å². The molecule has 1 aliphatic rings. The Balaban J connectivity index is 1.90. The maximum atomic E-state index is 12.7. The van der Waals surface area contributed by atoms with Crippen molar-refractivity contribution in [2.75, 3.05) is 18.1 Å². The summed E-state index contributed by atoms with van der Waals surface area (Å²) in [6.07, 6.45) is 3.32. The van der Waals surface area contributed by atoms with E-state index in [-0.39, 0.29) is 18.4 Å². The van der Waals surface area contributed by atoms with Gasteiger partial charge in [-0.2, -0.15) is 16.9 Å². The van der Waals surface area contributed by atoms with E-state index in [2.05, 4.69) is 5.10 Å². The van der Waals surface area contributed by atoms with Gasteiger partial charge in [0.15, 0.2) is 0 Å². The van der Waals surface area contributed by atoms with Crippen LogP contribution >= 0.6 is 11.8 Å². The first kappa shape index (κ1) is 13.9. The number of carbonyl (C=O) groups excluding carboxylic acids is 1. The number of carbonyl (C=O) groups is 2. The maximum Gasteiger partial charge on any atom is 0.305 e. The molecule has 110 valence electrons. The van der Waals surface area contributed by atoms with Crippen molar-refractivity contribution < 1.29 is 14.7 Å². The fourth-order valence-electron chi connectivity index (χ4n) is 2.55. The molecule has 1 aliphatic heterocycles. The quantitative estimate of drug-likeness (QED) is 0.927. The molecule has 1 N–H and O–H groups in total. The minimum absolute atomic E-state index is 0.0159. The number of aromatic nitrogens is 2. The highest BCUT2D eigenvalue weighted by Gasteiger charge is 2.30. The number of nitrogens with zero attached hydrogens (tertiary/aromatic N) is 3. The van der Waals surface area contributed by atoms with Gasteiger partial charge in [0.25, 0.3) is 5.91 Å². The van der Waals surface area contributed by atoms with Crippen LogP contribution in [0.4, 0.5) is 0 Å². The number of rotatable bonds is 3. The number of fused-ring (bicyclic) bond motifs is 1. The zero-order valence-electron chi connectivity index (χ0n) is 11.3. The monoisotopic (exact) mass is 305 g/mol. The van der Waals surface area contributed by atoms with Gasteiger partial charge in [0.2, 0.25) is 0 Å². The Morgan fingerprint density at radius 2 is 2.29 bits per heavy atom. The van der Waals surface area contributed by atoms with Crippen LogP contribution in [0.3, 0.4) is 0 Å². The lowest BCUT2D eigenvalue weighted by atomic mass is 10.1. The third-order valence-electron chi connectivity index (χ3n) is 3.56. The first-order valence-electron chi connectivity index (χ1n) is 6.69. The molecule has 1 amide bonds. The van der Waals surface area contributed by atoms with Crippen molar-refractivity contribution in [1.82, 2.24) is 14.5 Å². The molecule has 0 aromatic carbocycles. The van der Waals surface area contributed by atoms with Crippen LogP contribution in [0.15, 0.2) is 30.6 Å². The van der Waals surface area contributed by atoms with Gasteiger partial charge in [0, 0.05) is 24.2 Å². The first-order valence-corrected chi connectivity index (χ1v) is 7.85. The molecule has 3 rings (SSSR count). The van der Waals surface area contributed by atoms with Crippen molar-refractivity contribution in [2.24, 2.45) is 0 Å². The molecule has 7 heteroatoms. The predicted molar refractivity (Wildman–Crippen MR) is 79.6 cm³/mol. The summed E-state index contributed by atoms with van der Waals surface area (Å²) in [4.78, 5) is 25.4. The van der Waals surface area contributed by atoms with Crippen molar-refractivity contribution in [1.29, 1.82) is 0 Å². The number of carboxylic acids is 1. The lowest BCUT2D eigenvalue weighted by Crippen LogP contribution is -2.47. The van der Waals surface area contributed by atoms with Crippen LogP contribution in [-0.2, 0) is 4.79 Å². The van der Waals surface area contributed by atoms with Crippen LogP contribution < -0.4 is 0 Å². The SMILES string of the molecule is O=C(O)CC1CSCCN1C(=O)c1cnn2ccccc12. The van der Waals surface area contributed by atoms with Gasteiger partial charge in [-0.15, -0.1) is 0 Å². The lowest BCUT2D eigenvalue weighted by molar-refractivity contribution is -0.138. The molecule has 3 heterocycles. The van der Waals surface area contributed by atoms with Gasteiger partial charge in [-0.05, 0) is 12.1 Å². The normalized spacial score (nSPS) is 18.9. The number of pyridine rings is 1. The van der Waals surface area contributed by atoms with E-state index in [0.717, 1.165) is 11.3 Å². The van der Waals surface area contributed by atoms with Crippen molar-refractivity contribution in [3.8, 4) is 0 Å². The minimum atomic E-state index is -0.875. The predicted octanol–water partition coefficient (Wildman–Crippen LogP) is 1.37. The molecule has 0 bridgehead atoms. The van der Waals surface area contributed by atoms with E-state index in [0.29, 0.717) is 17.9 Å². The van der Waals surface area contributed by atoms with E-state index < -0.39 is 5.97 Å². The van der Waals surface area contributed by atoms with Crippen molar-refractivity contribution in [2.45, 2.75) is 12.5 Å². The number of carboxylic acid groups (broad SMARTS) is 1. The summed E-state index contributed by atoms with van der Waals surface area (Å²) in [7, 11) is 0. The molecule has 6 nitrogen and oxygen atoms in total. The Hall–Kier alpha value is -2.02. The van der Waals surface area contributed by atoms with E-state index in [1.165, 1.54) is 0 Å². The summed E-state index contributed by atoms with van der Waals surface area (Å²) in [5.41, 5.74) is 1.27. The fraction of sp³-hybridized carbons (Fsp3) is 0.357. The zero-order valence-corrected chi connectivity index (χ0v) is 12.1. The largest absolute Gasteiger partial charge is 0.481 e. The van der Waals surface area contributed by atoms with Crippen LogP contribution in [0.25, 0.3) is 5.52 Å². The summed E-state index contributed by atoms with van der Waals surface area (Å²) in [5, 5.41) is 13.2. The molecule has 0 radical (unpaired) electrons. The standard InChI is InChI=1S/C14H15N3O3S/c18-13(19)7-10-9-21-6-5-16(10)14(20)11-8-15-17-4-2-1-3-12(11)17/h1-4,8,10H,5-7,9H2,(H,18,19). The van der Waals surface area contributed by atoms with E-state index in [1.807, 2.05) is 18.2 Å². The third kappa shape index (κ3) is 2.73. The fourth-order valence-corrected chi connectivity index (χ4v) is 3.61. The van der Waals surface area contributed by atoms with Crippen LogP contribution in [-0.4, -0.2) is 55.6 Å². The molecular formula is C14H15N3O3S. The van der Waals surface area contributed by atoms with E-state index >= 15 is 0 Å². The van der Waals surface area contributed by atoms with Crippen molar-refractivity contribution >= 4 is 29.2 Å². The molecule has 0 saturated carbocycles. The average molecular weight is 305 g/mol. The summed E-state index contributed by atoms with van der Waals surface area (Å²) >= 11 is 1.69. The van der Waals surface area contributed by atoms with Crippen LogP contribution in [0.5, 0.6) is 0 Å². The molecule has 1 atom stereocenters. The number of aliphatic carboxylic acids is 1. The highest BCUT2D eigenvalue weighted by atomic mass is 32.2. The Labute approximate surface area is 125 Å². The van der Waals surface area contributed by atoms with Gasteiger partial charge >= 0.3 is 5.97 Å². The molecule has 2 aromatic rings. The van der Waals surface area contributed by atoms with E-state index in [9.17, 15) is 9.59 Å². The first-order chi connectivity index (χ1) is 10.2. The molecule has 0 spiro atoms. The summed E-state index contributed by atoms with van der Waals surface area (Å²) in [6.45, 7) is 0.575. The summed E-state index contributed by atoms with van der Waals surface area (Å²) < 4.78 is 1.65. The average Bonchev–Trinajstić information content (AvgIpc) is 2.90. The number of hydrogen-bond donors (Lipinski definition) is 1. The highest BCUT2D eigenvalue weighted by molar-refractivity contribution is 7.99. The molecule has 1 unspecified atom stereocenters. The Bertz CT molecular complexity index is 685. The van der Waals surface area contributed by atoms with Crippen LogP contribution in [0.2, 0.25) is 0 Å². The molecule has 2 aromatic heterocycles. The van der Waals surface area contributed by atoms with Crippen LogP contribution in [0, 0.1) is 0 Å². The molecule has 1 saturated heterocycles. The molecule has 0 aliphatic carbocycles. The van der Waals surface area contributed by atoms with E-state index in [4.69, 9.17) is 5.11 Å². The molecule has 21 heavy (non-hydrogen) atoms. The molecule has 1 fully saturated rings. The second-order valence-corrected chi connectivity index (χ2v) is 6.06. The minimum Gasteiger partial charge on any atom is -0.481 e. The maximum absolute atomic E-state index is 12.7. The second kappa shape index (κ2) is 5.77. The Morgan fingerprint density at radius 1 is 1.43 bits per heavy atom. The summed E-state index contributed by atoms with van der Waals surface area (Å²) in [6, 6.07) is 5.28. The van der Waals surface area contributed by atoms with E-state index in [1.54, 1.807) is 33.6 Å². The Morgan fingerprint density at radius 3 is 3.10 bits per heavy atom. The van der Waals surface area contributed by atoms with Gasteiger partial charge < -0.3 is 10.0 Å². The highest BCUT2D eigenvalue weighted by Crippen LogP contribution is 2.22. The van der Waals surface area contributed by atoms with Crippen molar-refractivity contribution in [3.63, 3.8) is 0 Å². The topological polar surface area (TPSA) is 74.9 Å². The van der Waals surface area contributed by atoms with Crippen molar-refractivity contribution in [3.05, 3.63) is 36.2 Å². The van der Waals surface area contributed by atoms with Gasteiger partial charge in [0.1, 0.15) is 0 Å². The Kier molecular flexibility index (Phi) is 3.83. The van der Waals surface area contributed by atoms with Gasteiger partial charge in [-0.25, -0.2) is 4.52 Å². The summed E-state index contributed by atoms with van der Waals surface area (Å²) in [5.74, 6) is 0.487. The van der Waals surface area contributed by atoms with Gasteiger partial charge in [-0.3, -0.25) is 9.59 Å². The smallest absolute Gasteiger partial charge is 0.305 e. The lowest BCUT2D eigenvalue weighted by Gasteiger charge is -2.34. The number of hydrogen-bond acceptors (Lipinski definition) is 4. The third-order valence-corrected chi connectivity index (χ3v) is 4.65.